The van der Waals surface area contributed by atoms with Gasteiger partial charge in [-0.15, -0.1) is 0 Å². The Morgan fingerprint density at radius 2 is 2.00 bits per heavy atom. The first-order valence-corrected chi connectivity index (χ1v) is 5.70. The third-order valence-corrected chi connectivity index (χ3v) is 3.60. The van der Waals surface area contributed by atoms with Crippen LogP contribution in [0, 0.1) is 0 Å². The highest BCUT2D eigenvalue weighted by atomic mass is 79.9. The van der Waals surface area contributed by atoms with Gasteiger partial charge in [-0.2, -0.15) is 0 Å². The molecule has 1 aromatic heterocycles. The van der Waals surface area contributed by atoms with Crippen LogP contribution in [0.5, 0.6) is 11.5 Å². The van der Waals surface area contributed by atoms with Crippen molar-refractivity contribution in [2.45, 2.75) is 0 Å². The van der Waals surface area contributed by atoms with Gasteiger partial charge in [0.15, 0.2) is 0 Å². The second kappa shape index (κ2) is 4.47. The molecule has 0 amide bonds. The van der Waals surface area contributed by atoms with Crippen LogP contribution in [-0.2, 0) is 0 Å². The van der Waals surface area contributed by atoms with E-state index in [1.165, 1.54) is 0 Å². The van der Waals surface area contributed by atoms with Crippen LogP contribution >= 0.6 is 27.5 Å². The van der Waals surface area contributed by atoms with Gasteiger partial charge in [-0.1, -0.05) is 11.6 Å². The molecule has 84 valence electrons. The standard InChI is InChI=1S/C11H9BrClNO2/c1-15-6-3-8-10(9(4-6)16-2)11(12)7(13)5-14-8/h3-5H,1-2H3. The summed E-state index contributed by atoms with van der Waals surface area (Å²) < 4.78 is 11.2. The highest BCUT2D eigenvalue weighted by Gasteiger charge is 2.12. The molecule has 5 heteroatoms. The summed E-state index contributed by atoms with van der Waals surface area (Å²) in [4.78, 5) is 4.24. The van der Waals surface area contributed by atoms with Crippen molar-refractivity contribution in [3.05, 3.63) is 27.8 Å². The van der Waals surface area contributed by atoms with Gasteiger partial charge in [0.1, 0.15) is 11.5 Å². The third kappa shape index (κ3) is 1.83. The maximum atomic E-state index is 5.99. The lowest BCUT2D eigenvalue weighted by Crippen LogP contribution is -1.91. The second-order valence-corrected chi connectivity index (χ2v) is 4.34. The zero-order valence-electron chi connectivity index (χ0n) is 8.75. The van der Waals surface area contributed by atoms with Gasteiger partial charge in [-0.05, 0) is 15.9 Å². The Kier molecular flexibility index (Phi) is 3.21. The predicted octanol–water partition coefficient (Wildman–Crippen LogP) is 3.67. The fraction of sp³-hybridized carbons (Fsp3) is 0.182. The van der Waals surface area contributed by atoms with Crippen molar-refractivity contribution in [2.75, 3.05) is 14.2 Å². The first-order chi connectivity index (χ1) is 7.67. The van der Waals surface area contributed by atoms with Crippen LogP contribution in [0.25, 0.3) is 10.9 Å². The van der Waals surface area contributed by atoms with Gasteiger partial charge in [0.2, 0.25) is 0 Å². The minimum atomic E-state index is 0.552. The van der Waals surface area contributed by atoms with Gasteiger partial charge in [0.05, 0.1) is 34.6 Å². The molecule has 16 heavy (non-hydrogen) atoms. The lowest BCUT2D eigenvalue weighted by molar-refractivity contribution is 0.397. The number of rotatable bonds is 2. The van der Waals surface area contributed by atoms with Gasteiger partial charge in [-0.25, -0.2) is 0 Å². The molecule has 3 nitrogen and oxygen atoms in total. The van der Waals surface area contributed by atoms with E-state index in [0.717, 1.165) is 15.4 Å². The lowest BCUT2D eigenvalue weighted by Gasteiger charge is -2.10. The van der Waals surface area contributed by atoms with Gasteiger partial charge in [-0.3, -0.25) is 4.98 Å². The summed E-state index contributed by atoms with van der Waals surface area (Å²) in [5.74, 6) is 1.38. The zero-order valence-corrected chi connectivity index (χ0v) is 11.1. The number of methoxy groups -OCH3 is 2. The van der Waals surface area contributed by atoms with E-state index in [1.807, 2.05) is 6.07 Å². The number of ether oxygens (including phenoxy) is 2. The van der Waals surface area contributed by atoms with E-state index in [2.05, 4.69) is 20.9 Å². The Morgan fingerprint density at radius 3 is 2.62 bits per heavy atom. The van der Waals surface area contributed by atoms with Crippen molar-refractivity contribution in [1.82, 2.24) is 4.98 Å². The molecule has 0 unspecified atom stereocenters. The zero-order chi connectivity index (χ0) is 11.7. The largest absolute Gasteiger partial charge is 0.497 e. The van der Waals surface area contributed by atoms with Crippen LogP contribution < -0.4 is 9.47 Å². The SMILES string of the molecule is COc1cc(OC)c2c(Br)c(Cl)cnc2c1. The summed E-state index contributed by atoms with van der Waals surface area (Å²) in [6.07, 6.45) is 1.59. The van der Waals surface area contributed by atoms with E-state index in [1.54, 1.807) is 26.5 Å². The van der Waals surface area contributed by atoms with Crippen molar-refractivity contribution in [3.63, 3.8) is 0 Å². The topological polar surface area (TPSA) is 31.4 Å². The number of pyridine rings is 1. The summed E-state index contributed by atoms with van der Waals surface area (Å²) in [6, 6.07) is 3.63. The van der Waals surface area contributed by atoms with Crippen LogP contribution in [0.1, 0.15) is 0 Å². The quantitative estimate of drug-likeness (QED) is 0.848. The highest BCUT2D eigenvalue weighted by Crippen LogP contribution is 2.38. The number of aromatic nitrogens is 1. The number of halogens is 2. The van der Waals surface area contributed by atoms with Crippen LogP contribution in [0.2, 0.25) is 5.02 Å². The Morgan fingerprint density at radius 1 is 1.25 bits per heavy atom. The van der Waals surface area contributed by atoms with Gasteiger partial charge in [0, 0.05) is 18.3 Å². The Balaban J connectivity index is 2.84. The molecular weight excluding hydrogens is 293 g/mol. The fourth-order valence-corrected chi connectivity index (χ4v) is 2.12. The second-order valence-electron chi connectivity index (χ2n) is 3.14. The third-order valence-electron chi connectivity index (χ3n) is 2.26. The molecule has 0 atom stereocenters. The van der Waals surface area contributed by atoms with E-state index in [-0.39, 0.29) is 0 Å². The van der Waals surface area contributed by atoms with Crippen LogP contribution in [0.4, 0.5) is 0 Å². The van der Waals surface area contributed by atoms with Crippen molar-refractivity contribution in [1.29, 1.82) is 0 Å². The molecule has 2 aromatic rings. The Labute approximate surface area is 106 Å². The van der Waals surface area contributed by atoms with Crippen molar-refractivity contribution >= 4 is 38.4 Å². The number of hydrogen-bond acceptors (Lipinski definition) is 3. The van der Waals surface area contributed by atoms with Crippen LogP contribution in [0.3, 0.4) is 0 Å². The molecule has 0 N–H and O–H groups in total. The predicted molar refractivity (Wildman–Crippen MR) is 67.6 cm³/mol. The lowest BCUT2D eigenvalue weighted by atomic mass is 10.2. The van der Waals surface area contributed by atoms with E-state index in [9.17, 15) is 0 Å². The minimum Gasteiger partial charge on any atom is -0.497 e. The normalized spacial score (nSPS) is 10.5. The van der Waals surface area contributed by atoms with E-state index in [4.69, 9.17) is 21.1 Å². The first kappa shape index (κ1) is 11.5. The number of hydrogen-bond donors (Lipinski definition) is 0. The minimum absolute atomic E-state index is 0.552. The molecule has 0 aliphatic heterocycles. The van der Waals surface area contributed by atoms with Gasteiger partial charge >= 0.3 is 0 Å². The molecule has 2 rings (SSSR count). The maximum Gasteiger partial charge on any atom is 0.133 e. The first-order valence-electron chi connectivity index (χ1n) is 4.53. The monoisotopic (exact) mass is 301 g/mol. The Hall–Kier alpha value is -1.00. The van der Waals surface area contributed by atoms with E-state index >= 15 is 0 Å². The fourth-order valence-electron chi connectivity index (χ4n) is 1.48. The van der Waals surface area contributed by atoms with Crippen LogP contribution in [-0.4, -0.2) is 19.2 Å². The Bertz CT molecular complexity index is 545. The van der Waals surface area contributed by atoms with Crippen LogP contribution in [0.15, 0.2) is 22.8 Å². The van der Waals surface area contributed by atoms with Crippen molar-refractivity contribution in [3.8, 4) is 11.5 Å². The molecule has 1 aromatic carbocycles. The number of nitrogens with zero attached hydrogens (tertiary/aromatic N) is 1. The molecule has 0 aliphatic carbocycles. The molecule has 0 spiro atoms. The van der Waals surface area contributed by atoms with Gasteiger partial charge in [0.25, 0.3) is 0 Å². The van der Waals surface area contributed by atoms with Crippen molar-refractivity contribution < 1.29 is 9.47 Å². The maximum absolute atomic E-state index is 5.99. The van der Waals surface area contributed by atoms with Gasteiger partial charge < -0.3 is 9.47 Å². The number of benzene rings is 1. The highest BCUT2D eigenvalue weighted by molar-refractivity contribution is 9.10. The molecule has 1 heterocycles. The smallest absolute Gasteiger partial charge is 0.133 e. The average molecular weight is 303 g/mol. The summed E-state index contributed by atoms with van der Waals surface area (Å²) >= 11 is 9.42. The molecule has 0 aliphatic rings. The van der Waals surface area contributed by atoms with E-state index in [0.29, 0.717) is 16.5 Å². The van der Waals surface area contributed by atoms with E-state index < -0.39 is 0 Å². The molecule has 0 bridgehead atoms. The molecule has 0 radical (unpaired) electrons. The summed E-state index contributed by atoms with van der Waals surface area (Å²) in [5.41, 5.74) is 0.771. The number of fused-ring (bicyclic) bond motifs is 1. The summed E-state index contributed by atoms with van der Waals surface area (Å²) in [6.45, 7) is 0. The molecule has 0 saturated heterocycles. The van der Waals surface area contributed by atoms with Crippen molar-refractivity contribution in [2.24, 2.45) is 0 Å². The average Bonchev–Trinajstić information content (AvgIpc) is 2.32. The summed E-state index contributed by atoms with van der Waals surface area (Å²) in [5, 5.41) is 1.40. The molecule has 0 saturated carbocycles. The summed E-state index contributed by atoms with van der Waals surface area (Å²) in [7, 11) is 3.20. The molecular formula is C11H9BrClNO2. The molecule has 0 fully saturated rings.